The number of benzene rings is 4. The standard InChI is InChI=1S/C35H36Cl3N3O4S/c1-23(2)39-35(43)33(19-26-8-6-5-7-9-26)40(21-27-11-12-29(37)20-32(27)38)34(42)22-41(30-15-10-24(3)25(4)18-30)46(44,45)31-16-13-28(36)14-17-31/h5-18,20,23,33H,19,21-22H2,1-4H3,(H,39,43). The Bertz CT molecular complexity index is 1800. The van der Waals surface area contributed by atoms with Crippen LogP contribution in [0.25, 0.3) is 0 Å². The molecule has 0 aliphatic heterocycles. The Morgan fingerprint density at radius 3 is 2.07 bits per heavy atom. The molecule has 0 saturated carbocycles. The van der Waals surface area contributed by atoms with Gasteiger partial charge in [-0.2, -0.15) is 0 Å². The quantitative estimate of drug-likeness (QED) is 0.165. The first-order chi connectivity index (χ1) is 21.8. The number of anilines is 1. The Labute approximate surface area is 286 Å². The molecule has 0 aromatic heterocycles. The van der Waals surface area contributed by atoms with Gasteiger partial charge in [-0.15, -0.1) is 0 Å². The van der Waals surface area contributed by atoms with Crippen LogP contribution in [0.2, 0.25) is 15.1 Å². The molecule has 0 fully saturated rings. The van der Waals surface area contributed by atoms with Crippen molar-refractivity contribution in [1.29, 1.82) is 0 Å². The summed E-state index contributed by atoms with van der Waals surface area (Å²) in [7, 11) is -4.26. The van der Waals surface area contributed by atoms with Gasteiger partial charge >= 0.3 is 0 Å². The summed E-state index contributed by atoms with van der Waals surface area (Å²) >= 11 is 18.8. The third-order valence-corrected chi connectivity index (χ3v) is 10.1. The molecule has 0 aliphatic carbocycles. The molecule has 11 heteroatoms. The van der Waals surface area contributed by atoms with Crippen LogP contribution in [0, 0.1) is 13.8 Å². The zero-order chi connectivity index (χ0) is 33.6. The number of sulfonamides is 1. The maximum atomic E-state index is 14.6. The molecule has 4 aromatic carbocycles. The van der Waals surface area contributed by atoms with Crippen molar-refractivity contribution in [3.63, 3.8) is 0 Å². The lowest BCUT2D eigenvalue weighted by Gasteiger charge is -2.34. The molecule has 0 heterocycles. The van der Waals surface area contributed by atoms with Gasteiger partial charge in [-0.05, 0) is 98.5 Å². The highest BCUT2D eigenvalue weighted by Crippen LogP contribution is 2.29. The van der Waals surface area contributed by atoms with Crippen molar-refractivity contribution in [2.24, 2.45) is 0 Å². The molecule has 2 amide bonds. The van der Waals surface area contributed by atoms with E-state index in [4.69, 9.17) is 34.8 Å². The fourth-order valence-electron chi connectivity index (χ4n) is 4.91. The molecule has 4 aromatic rings. The number of hydrogen-bond acceptors (Lipinski definition) is 4. The molecule has 0 bridgehead atoms. The summed E-state index contributed by atoms with van der Waals surface area (Å²) in [5.41, 5.74) is 3.50. The Balaban J connectivity index is 1.84. The van der Waals surface area contributed by atoms with E-state index in [1.54, 1.807) is 36.4 Å². The van der Waals surface area contributed by atoms with Crippen molar-refractivity contribution < 1.29 is 18.0 Å². The third kappa shape index (κ3) is 8.82. The lowest BCUT2D eigenvalue weighted by atomic mass is 10.0. The zero-order valence-electron chi connectivity index (χ0n) is 26.0. The molecule has 0 spiro atoms. The first-order valence-electron chi connectivity index (χ1n) is 14.7. The van der Waals surface area contributed by atoms with Crippen molar-refractivity contribution in [3.8, 4) is 0 Å². The molecule has 242 valence electrons. The highest BCUT2D eigenvalue weighted by molar-refractivity contribution is 7.92. The van der Waals surface area contributed by atoms with Crippen LogP contribution in [-0.4, -0.2) is 43.8 Å². The normalized spacial score (nSPS) is 12.1. The Morgan fingerprint density at radius 1 is 0.804 bits per heavy atom. The molecule has 7 nitrogen and oxygen atoms in total. The van der Waals surface area contributed by atoms with E-state index in [-0.39, 0.29) is 29.8 Å². The number of rotatable bonds is 12. The van der Waals surface area contributed by atoms with Gasteiger partial charge < -0.3 is 10.2 Å². The summed E-state index contributed by atoms with van der Waals surface area (Å²) in [4.78, 5) is 29.7. The molecule has 0 aliphatic rings. The summed E-state index contributed by atoms with van der Waals surface area (Å²) in [6.45, 7) is 6.80. The molecule has 1 unspecified atom stereocenters. The monoisotopic (exact) mass is 699 g/mol. The number of hydrogen-bond donors (Lipinski definition) is 1. The highest BCUT2D eigenvalue weighted by Gasteiger charge is 2.35. The molecule has 1 N–H and O–H groups in total. The van der Waals surface area contributed by atoms with Crippen LogP contribution in [0.4, 0.5) is 5.69 Å². The molecule has 0 saturated heterocycles. The number of halogens is 3. The van der Waals surface area contributed by atoms with Crippen LogP contribution < -0.4 is 9.62 Å². The van der Waals surface area contributed by atoms with Crippen LogP contribution >= 0.6 is 34.8 Å². The summed E-state index contributed by atoms with van der Waals surface area (Å²) in [6, 6.07) is 24.0. The summed E-state index contributed by atoms with van der Waals surface area (Å²) in [5, 5.41) is 4.04. The number of carbonyl (C=O) groups is 2. The summed E-state index contributed by atoms with van der Waals surface area (Å²) < 4.78 is 29.4. The number of carbonyl (C=O) groups excluding carboxylic acids is 2. The van der Waals surface area contributed by atoms with E-state index < -0.39 is 28.5 Å². The fourth-order valence-corrected chi connectivity index (χ4v) is 6.91. The summed E-state index contributed by atoms with van der Waals surface area (Å²) in [5.74, 6) is -0.975. The molecular weight excluding hydrogens is 665 g/mol. The number of nitrogens with one attached hydrogen (secondary N) is 1. The lowest BCUT2D eigenvalue weighted by Crippen LogP contribution is -2.54. The predicted octanol–water partition coefficient (Wildman–Crippen LogP) is 7.62. The van der Waals surface area contributed by atoms with Crippen molar-refractivity contribution >= 4 is 62.3 Å². The number of amides is 2. The smallest absolute Gasteiger partial charge is 0.264 e. The minimum Gasteiger partial charge on any atom is -0.352 e. The van der Waals surface area contributed by atoms with E-state index in [1.165, 1.54) is 29.2 Å². The zero-order valence-corrected chi connectivity index (χ0v) is 29.1. The predicted molar refractivity (Wildman–Crippen MR) is 186 cm³/mol. The van der Waals surface area contributed by atoms with Crippen molar-refractivity contribution in [2.75, 3.05) is 10.8 Å². The van der Waals surface area contributed by atoms with Gasteiger partial charge in [0.15, 0.2) is 0 Å². The Morgan fingerprint density at radius 2 is 1.46 bits per heavy atom. The molecule has 46 heavy (non-hydrogen) atoms. The van der Waals surface area contributed by atoms with E-state index >= 15 is 0 Å². The van der Waals surface area contributed by atoms with Crippen LogP contribution in [0.15, 0.2) is 95.9 Å². The van der Waals surface area contributed by atoms with Gasteiger partial charge in [0.25, 0.3) is 10.0 Å². The van der Waals surface area contributed by atoms with Gasteiger partial charge in [-0.25, -0.2) is 8.42 Å². The largest absolute Gasteiger partial charge is 0.352 e. The van der Waals surface area contributed by atoms with E-state index in [0.717, 1.165) is 21.0 Å². The third-order valence-electron chi connectivity index (χ3n) is 7.52. The second-order valence-electron chi connectivity index (χ2n) is 11.4. The Kier molecular flexibility index (Phi) is 11.8. The van der Waals surface area contributed by atoms with Crippen molar-refractivity contribution in [3.05, 3.63) is 128 Å². The van der Waals surface area contributed by atoms with Gasteiger partial charge in [0.05, 0.1) is 10.6 Å². The highest BCUT2D eigenvalue weighted by atomic mass is 35.5. The number of aryl methyl sites for hydroxylation is 2. The van der Waals surface area contributed by atoms with Gasteiger partial charge in [-0.1, -0.05) is 77.3 Å². The Hall–Kier alpha value is -3.56. The molecule has 1 atom stereocenters. The maximum absolute atomic E-state index is 14.6. The van der Waals surface area contributed by atoms with Gasteiger partial charge in [-0.3, -0.25) is 13.9 Å². The van der Waals surface area contributed by atoms with Gasteiger partial charge in [0, 0.05) is 34.1 Å². The maximum Gasteiger partial charge on any atom is 0.264 e. The van der Waals surface area contributed by atoms with Gasteiger partial charge in [0.2, 0.25) is 11.8 Å². The van der Waals surface area contributed by atoms with E-state index in [9.17, 15) is 18.0 Å². The second-order valence-corrected chi connectivity index (χ2v) is 14.5. The van der Waals surface area contributed by atoms with Crippen LogP contribution in [0.5, 0.6) is 0 Å². The molecular formula is C35H36Cl3N3O4S. The average molecular weight is 701 g/mol. The van der Waals surface area contributed by atoms with Gasteiger partial charge in [0.1, 0.15) is 12.6 Å². The fraction of sp³-hybridized carbons (Fsp3) is 0.257. The SMILES string of the molecule is Cc1ccc(N(CC(=O)N(Cc2ccc(Cl)cc2Cl)C(Cc2ccccc2)C(=O)NC(C)C)S(=O)(=O)c2ccc(Cl)cc2)cc1C. The first kappa shape index (κ1) is 35.3. The average Bonchev–Trinajstić information content (AvgIpc) is 3.00. The minimum atomic E-state index is -4.26. The van der Waals surface area contributed by atoms with Crippen molar-refractivity contribution in [2.45, 2.75) is 57.6 Å². The van der Waals surface area contributed by atoms with Crippen LogP contribution in [-0.2, 0) is 32.6 Å². The first-order valence-corrected chi connectivity index (χ1v) is 17.3. The van der Waals surface area contributed by atoms with E-state index in [0.29, 0.717) is 26.3 Å². The topological polar surface area (TPSA) is 86.8 Å². The van der Waals surface area contributed by atoms with Crippen molar-refractivity contribution in [1.82, 2.24) is 10.2 Å². The van der Waals surface area contributed by atoms with E-state index in [1.807, 2.05) is 58.0 Å². The van der Waals surface area contributed by atoms with E-state index in [2.05, 4.69) is 5.32 Å². The molecule has 4 rings (SSSR count). The molecule has 0 radical (unpaired) electrons. The number of nitrogens with zero attached hydrogens (tertiary/aromatic N) is 2. The summed E-state index contributed by atoms with van der Waals surface area (Å²) in [6.07, 6.45) is 0.184. The van der Waals surface area contributed by atoms with Crippen LogP contribution in [0.1, 0.15) is 36.1 Å². The lowest BCUT2D eigenvalue weighted by molar-refractivity contribution is -0.140. The minimum absolute atomic E-state index is 0.0337. The van der Waals surface area contributed by atoms with Crippen LogP contribution in [0.3, 0.4) is 0 Å². The second kappa shape index (κ2) is 15.4.